The van der Waals surface area contributed by atoms with Gasteiger partial charge in [-0.1, -0.05) is 33.6 Å². The van der Waals surface area contributed by atoms with Gasteiger partial charge in [-0.15, -0.1) is 0 Å². The quantitative estimate of drug-likeness (QED) is 0.505. The van der Waals surface area contributed by atoms with E-state index in [0.29, 0.717) is 30.8 Å². The highest BCUT2D eigenvalue weighted by atomic mass is 16.5. The smallest absolute Gasteiger partial charge is 0.334 e. The highest BCUT2D eigenvalue weighted by Gasteiger charge is 2.31. The summed E-state index contributed by atoms with van der Waals surface area (Å²) in [6, 6.07) is 0. The summed E-state index contributed by atoms with van der Waals surface area (Å²) in [7, 11) is 0. The average Bonchev–Trinajstić information content (AvgIpc) is 3.01. The van der Waals surface area contributed by atoms with Gasteiger partial charge in [0, 0.05) is 5.57 Å². The predicted molar refractivity (Wildman–Crippen MR) is 81.8 cm³/mol. The average molecular weight is 296 g/mol. The van der Waals surface area contributed by atoms with Crippen LogP contribution in [0.3, 0.4) is 0 Å². The van der Waals surface area contributed by atoms with Gasteiger partial charge >= 0.3 is 11.9 Å². The zero-order valence-electron chi connectivity index (χ0n) is 13.6. The first-order chi connectivity index (χ1) is 10.2. The van der Waals surface area contributed by atoms with Gasteiger partial charge in [-0.3, -0.25) is 0 Å². The molecule has 0 aliphatic heterocycles. The van der Waals surface area contributed by atoms with E-state index in [0.717, 1.165) is 38.5 Å². The van der Waals surface area contributed by atoms with Crippen LogP contribution >= 0.6 is 0 Å². The van der Waals surface area contributed by atoms with Crippen LogP contribution in [0.4, 0.5) is 0 Å². The van der Waals surface area contributed by atoms with E-state index in [1.807, 2.05) is 20.8 Å². The van der Waals surface area contributed by atoms with E-state index < -0.39 is 0 Å². The highest BCUT2D eigenvalue weighted by Crippen LogP contribution is 2.34. The minimum absolute atomic E-state index is 0.151. The van der Waals surface area contributed by atoms with Crippen LogP contribution in [-0.2, 0) is 19.1 Å². The molecule has 21 heavy (non-hydrogen) atoms. The summed E-state index contributed by atoms with van der Waals surface area (Å²) in [5.41, 5.74) is 1.08. The summed E-state index contributed by atoms with van der Waals surface area (Å²) in [4.78, 5) is 24.6. The molecule has 0 atom stereocenters. The molecule has 0 heterocycles. The minimum Gasteiger partial charge on any atom is -0.462 e. The first-order valence-electron chi connectivity index (χ1n) is 8.22. The third-order valence-electron chi connectivity index (χ3n) is 3.78. The standard InChI is InChI=1S/C17H28O4/c1-4-11-20-16(18)14(6-3)15(13-9-7-8-10-13)17(19)21-12-5-2/h13H,4-12H2,1-3H3/b15-14-. The van der Waals surface area contributed by atoms with E-state index in [2.05, 4.69) is 0 Å². The van der Waals surface area contributed by atoms with Gasteiger partial charge in [-0.05, 0) is 38.0 Å². The van der Waals surface area contributed by atoms with Crippen LogP contribution in [0.25, 0.3) is 0 Å². The molecular formula is C17H28O4. The maximum Gasteiger partial charge on any atom is 0.334 e. The second-order valence-corrected chi connectivity index (χ2v) is 5.50. The Morgan fingerprint density at radius 1 is 0.905 bits per heavy atom. The molecule has 0 aromatic carbocycles. The number of ether oxygens (including phenoxy) is 2. The van der Waals surface area contributed by atoms with Gasteiger partial charge in [0.2, 0.25) is 0 Å². The third-order valence-corrected chi connectivity index (χ3v) is 3.78. The number of carbonyl (C=O) groups excluding carboxylic acids is 2. The van der Waals surface area contributed by atoms with Crippen LogP contribution in [0.1, 0.15) is 65.7 Å². The number of carbonyl (C=O) groups is 2. The topological polar surface area (TPSA) is 52.6 Å². The Hall–Kier alpha value is -1.32. The monoisotopic (exact) mass is 296 g/mol. The normalized spacial score (nSPS) is 16.5. The van der Waals surface area contributed by atoms with E-state index >= 15 is 0 Å². The largest absolute Gasteiger partial charge is 0.462 e. The summed E-state index contributed by atoms with van der Waals surface area (Å²) in [6.45, 7) is 6.60. The fourth-order valence-electron chi connectivity index (χ4n) is 2.75. The summed E-state index contributed by atoms with van der Waals surface area (Å²) in [5, 5.41) is 0. The van der Waals surface area contributed by atoms with E-state index in [1.165, 1.54) is 0 Å². The minimum atomic E-state index is -0.352. The van der Waals surface area contributed by atoms with Gasteiger partial charge in [-0.2, -0.15) is 0 Å². The van der Waals surface area contributed by atoms with Crippen molar-refractivity contribution in [2.75, 3.05) is 13.2 Å². The second-order valence-electron chi connectivity index (χ2n) is 5.50. The number of rotatable bonds is 8. The molecule has 1 fully saturated rings. The lowest BCUT2D eigenvalue weighted by Crippen LogP contribution is -2.21. The van der Waals surface area contributed by atoms with Crippen molar-refractivity contribution in [2.24, 2.45) is 5.92 Å². The van der Waals surface area contributed by atoms with Gasteiger partial charge in [0.1, 0.15) is 0 Å². The third kappa shape index (κ3) is 5.18. The van der Waals surface area contributed by atoms with E-state index in [9.17, 15) is 9.59 Å². The molecule has 0 spiro atoms. The van der Waals surface area contributed by atoms with E-state index in [1.54, 1.807) is 0 Å². The molecule has 0 aromatic rings. The molecule has 0 N–H and O–H groups in total. The van der Waals surface area contributed by atoms with Crippen molar-refractivity contribution in [3.05, 3.63) is 11.1 Å². The van der Waals surface area contributed by atoms with Crippen LogP contribution in [0.15, 0.2) is 11.1 Å². The Morgan fingerprint density at radius 3 is 1.90 bits per heavy atom. The fourth-order valence-corrected chi connectivity index (χ4v) is 2.75. The lowest BCUT2D eigenvalue weighted by atomic mass is 9.91. The van der Waals surface area contributed by atoms with Gasteiger partial charge in [0.15, 0.2) is 0 Å². The zero-order valence-corrected chi connectivity index (χ0v) is 13.6. The Bertz CT molecular complexity index is 378. The molecule has 1 aliphatic rings. The number of hydrogen-bond acceptors (Lipinski definition) is 4. The van der Waals surface area contributed by atoms with Gasteiger partial charge in [0.05, 0.1) is 18.8 Å². The molecule has 0 aromatic heterocycles. The molecule has 0 saturated heterocycles. The molecule has 1 aliphatic carbocycles. The lowest BCUT2D eigenvalue weighted by Gasteiger charge is -2.18. The first kappa shape index (κ1) is 17.7. The van der Waals surface area contributed by atoms with Crippen LogP contribution in [-0.4, -0.2) is 25.2 Å². The molecule has 1 rings (SSSR count). The summed E-state index contributed by atoms with van der Waals surface area (Å²) in [6.07, 6.45) is 6.21. The van der Waals surface area contributed by atoms with Crippen molar-refractivity contribution in [1.82, 2.24) is 0 Å². The van der Waals surface area contributed by atoms with Crippen molar-refractivity contribution in [2.45, 2.75) is 65.7 Å². The first-order valence-corrected chi connectivity index (χ1v) is 8.22. The van der Waals surface area contributed by atoms with Crippen LogP contribution in [0.5, 0.6) is 0 Å². The predicted octanol–water partition coefficient (Wildman–Crippen LogP) is 3.79. The van der Waals surface area contributed by atoms with E-state index in [-0.39, 0.29) is 17.9 Å². The molecule has 1 saturated carbocycles. The molecule has 0 bridgehead atoms. The van der Waals surface area contributed by atoms with Crippen LogP contribution in [0, 0.1) is 5.92 Å². The van der Waals surface area contributed by atoms with Crippen molar-refractivity contribution >= 4 is 11.9 Å². The second kappa shape index (κ2) is 9.59. The summed E-state index contributed by atoms with van der Waals surface area (Å²) >= 11 is 0. The fraction of sp³-hybridized carbons (Fsp3) is 0.765. The van der Waals surface area contributed by atoms with Crippen LogP contribution < -0.4 is 0 Å². The number of hydrogen-bond donors (Lipinski definition) is 0. The molecule has 0 amide bonds. The van der Waals surface area contributed by atoms with Gasteiger partial charge < -0.3 is 9.47 Å². The summed E-state index contributed by atoms with van der Waals surface area (Å²) in [5.74, 6) is -0.526. The Balaban J connectivity index is 3.00. The maximum atomic E-state index is 12.4. The maximum absolute atomic E-state index is 12.4. The molecular weight excluding hydrogens is 268 g/mol. The molecule has 0 radical (unpaired) electrons. The van der Waals surface area contributed by atoms with Crippen molar-refractivity contribution in [3.63, 3.8) is 0 Å². The highest BCUT2D eigenvalue weighted by molar-refractivity contribution is 6.00. The molecule has 120 valence electrons. The van der Waals surface area contributed by atoms with Crippen LogP contribution in [0.2, 0.25) is 0 Å². The molecule has 4 heteroatoms. The van der Waals surface area contributed by atoms with Gasteiger partial charge in [0.25, 0.3) is 0 Å². The Morgan fingerprint density at radius 2 is 1.43 bits per heavy atom. The van der Waals surface area contributed by atoms with Crippen molar-refractivity contribution in [1.29, 1.82) is 0 Å². The zero-order chi connectivity index (χ0) is 15.7. The van der Waals surface area contributed by atoms with Gasteiger partial charge in [-0.25, -0.2) is 9.59 Å². The van der Waals surface area contributed by atoms with Crippen molar-refractivity contribution < 1.29 is 19.1 Å². The van der Waals surface area contributed by atoms with E-state index in [4.69, 9.17) is 9.47 Å². The Labute approximate surface area is 127 Å². The van der Waals surface area contributed by atoms with Crippen molar-refractivity contribution in [3.8, 4) is 0 Å². The summed E-state index contributed by atoms with van der Waals surface area (Å²) < 4.78 is 10.5. The lowest BCUT2D eigenvalue weighted by molar-refractivity contribution is -0.143. The number of esters is 2. The Kier molecular flexibility index (Phi) is 8.09. The molecule has 0 unspecified atom stereocenters. The molecule has 4 nitrogen and oxygen atoms in total. The SMILES string of the molecule is CCCOC(=O)/C(CC)=C(\C(=O)OCCC)C1CCCC1.